The van der Waals surface area contributed by atoms with Crippen LogP contribution in [0, 0.1) is 0 Å². The van der Waals surface area contributed by atoms with Gasteiger partial charge in [0.2, 0.25) is 5.91 Å². The average molecular weight is 226 g/mol. The van der Waals surface area contributed by atoms with Gasteiger partial charge in [0.05, 0.1) is 25.4 Å². The summed E-state index contributed by atoms with van der Waals surface area (Å²) in [5.41, 5.74) is 0.963. The van der Waals surface area contributed by atoms with E-state index in [1.54, 1.807) is 19.5 Å². The van der Waals surface area contributed by atoms with E-state index in [2.05, 4.69) is 20.8 Å². The molecular formula is C10H18N4O2. The number of nitrogens with zero attached hydrogens (tertiary/aromatic N) is 1. The molecule has 6 nitrogen and oxygen atoms in total. The second-order valence-electron chi connectivity index (χ2n) is 3.49. The average Bonchev–Trinajstić information content (AvgIpc) is 2.77. The third-order valence-electron chi connectivity index (χ3n) is 2.17. The summed E-state index contributed by atoms with van der Waals surface area (Å²) < 4.78 is 4.86. The molecule has 0 saturated carbocycles. The Morgan fingerprint density at radius 2 is 2.50 bits per heavy atom. The van der Waals surface area contributed by atoms with Gasteiger partial charge in [-0.05, 0) is 6.92 Å². The van der Waals surface area contributed by atoms with Gasteiger partial charge in [-0.25, -0.2) is 0 Å². The summed E-state index contributed by atoms with van der Waals surface area (Å²) in [5, 5.41) is 12.4. The Hall–Kier alpha value is -1.40. The summed E-state index contributed by atoms with van der Waals surface area (Å²) in [5.74, 6) is -0.0372. The molecule has 1 aromatic heterocycles. The Morgan fingerprint density at radius 3 is 3.12 bits per heavy atom. The Balaban J connectivity index is 2.19. The first kappa shape index (κ1) is 12.7. The maximum absolute atomic E-state index is 11.5. The zero-order valence-electron chi connectivity index (χ0n) is 9.62. The summed E-state index contributed by atoms with van der Waals surface area (Å²) in [4.78, 5) is 11.5. The second-order valence-corrected chi connectivity index (χ2v) is 3.49. The summed E-state index contributed by atoms with van der Waals surface area (Å²) >= 11 is 0. The van der Waals surface area contributed by atoms with Gasteiger partial charge in [0.25, 0.3) is 0 Å². The fourth-order valence-corrected chi connectivity index (χ4v) is 1.25. The van der Waals surface area contributed by atoms with E-state index >= 15 is 0 Å². The van der Waals surface area contributed by atoms with E-state index in [0.717, 1.165) is 5.56 Å². The molecule has 90 valence electrons. The number of amides is 1. The minimum atomic E-state index is -0.0372. The van der Waals surface area contributed by atoms with E-state index in [1.807, 2.05) is 6.92 Å². The molecule has 1 rings (SSSR count). The van der Waals surface area contributed by atoms with Gasteiger partial charge < -0.3 is 15.4 Å². The summed E-state index contributed by atoms with van der Waals surface area (Å²) in [7, 11) is 1.63. The van der Waals surface area contributed by atoms with Crippen LogP contribution in [0.1, 0.15) is 18.5 Å². The van der Waals surface area contributed by atoms with Crippen molar-refractivity contribution < 1.29 is 9.53 Å². The van der Waals surface area contributed by atoms with Gasteiger partial charge in [0, 0.05) is 25.4 Å². The van der Waals surface area contributed by atoms with Gasteiger partial charge >= 0.3 is 0 Å². The van der Waals surface area contributed by atoms with Crippen molar-refractivity contribution in [3.05, 3.63) is 18.0 Å². The molecule has 0 bridgehead atoms. The lowest BCUT2D eigenvalue weighted by atomic mass is 10.2. The number of H-pyrrole nitrogens is 1. The number of hydrogen-bond acceptors (Lipinski definition) is 4. The van der Waals surface area contributed by atoms with Crippen molar-refractivity contribution in [1.29, 1.82) is 0 Å². The minimum Gasteiger partial charge on any atom is -0.383 e. The lowest BCUT2D eigenvalue weighted by molar-refractivity contribution is -0.120. The van der Waals surface area contributed by atoms with Gasteiger partial charge in [-0.2, -0.15) is 5.10 Å². The first-order chi connectivity index (χ1) is 7.74. The van der Waals surface area contributed by atoms with E-state index in [9.17, 15) is 4.79 Å². The van der Waals surface area contributed by atoms with E-state index in [1.165, 1.54) is 0 Å². The Morgan fingerprint density at radius 1 is 1.69 bits per heavy atom. The number of ether oxygens (including phenoxy) is 1. The molecule has 1 amide bonds. The van der Waals surface area contributed by atoms with Crippen LogP contribution in [0.5, 0.6) is 0 Å². The highest BCUT2D eigenvalue weighted by Crippen LogP contribution is 2.07. The Kier molecular flexibility index (Phi) is 5.52. The van der Waals surface area contributed by atoms with Crippen molar-refractivity contribution in [2.45, 2.75) is 13.0 Å². The van der Waals surface area contributed by atoms with Crippen LogP contribution in [0.4, 0.5) is 0 Å². The number of methoxy groups -OCH3 is 1. The van der Waals surface area contributed by atoms with Gasteiger partial charge in [-0.3, -0.25) is 9.89 Å². The van der Waals surface area contributed by atoms with E-state index < -0.39 is 0 Å². The van der Waals surface area contributed by atoms with Gasteiger partial charge in [-0.1, -0.05) is 0 Å². The third kappa shape index (κ3) is 4.41. The number of aromatic nitrogens is 2. The maximum atomic E-state index is 11.5. The molecule has 16 heavy (non-hydrogen) atoms. The molecule has 0 fully saturated rings. The Bertz CT molecular complexity index is 300. The molecule has 0 saturated heterocycles. The molecule has 0 radical (unpaired) electrons. The van der Waals surface area contributed by atoms with Gasteiger partial charge in [0.1, 0.15) is 0 Å². The van der Waals surface area contributed by atoms with Crippen LogP contribution in [-0.2, 0) is 9.53 Å². The van der Waals surface area contributed by atoms with Crippen LogP contribution < -0.4 is 10.6 Å². The number of aromatic amines is 1. The van der Waals surface area contributed by atoms with Crippen LogP contribution in [0.15, 0.2) is 12.4 Å². The topological polar surface area (TPSA) is 79.0 Å². The van der Waals surface area contributed by atoms with Crippen molar-refractivity contribution >= 4 is 5.91 Å². The van der Waals surface area contributed by atoms with Gasteiger partial charge in [0.15, 0.2) is 0 Å². The SMILES string of the molecule is COCCNCC(=O)NC(C)c1cn[nH]c1. The zero-order chi connectivity index (χ0) is 11.8. The summed E-state index contributed by atoms with van der Waals surface area (Å²) in [6, 6.07) is -0.0320. The van der Waals surface area contributed by atoms with E-state index in [-0.39, 0.29) is 11.9 Å². The molecule has 1 atom stereocenters. The first-order valence-electron chi connectivity index (χ1n) is 5.21. The second kappa shape index (κ2) is 6.97. The van der Waals surface area contributed by atoms with Crippen molar-refractivity contribution in [2.24, 2.45) is 0 Å². The van der Waals surface area contributed by atoms with Crippen LogP contribution in [0.25, 0.3) is 0 Å². The standard InChI is InChI=1S/C10H18N4O2/c1-8(9-5-12-13-6-9)14-10(15)7-11-3-4-16-2/h5-6,8,11H,3-4,7H2,1-2H3,(H,12,13)(H,14,15). The number of nitrogens with one attached hydrogen (secondary N) is 3. The third-order valence-corrected chi connectivity index (χ3v) is 2.17. The fourth-order valence-electron chi connectivity index (χ4n) is 1.25. The van der Waals surface area contributed by atoms with Crippen LogP contribution in [0.3, 0.4) is 0 Å². The van der Waals surface area contributed by atoms with Crippen LogP contribution in [0.2, 0.25) is 0 Å². The van der Waals surface area contributed by atoms with E-state index in [4.69, 9.17) is 4.74 Å². The van der Waals surface area contributed by atoms with E-state index in [0.29, 0.717) is 19.7 Å². The van der Waals surface area contributed by atoms with Crippen molar-refractivity contribution in [3.63, 3.8) is 0 Å². The van der Waals surface area contributed by atoms with Crippen molar-refractivity contribution in [1.82, 2.24) is 20.8 Å². The molecule has 0 spiro atoms. The normalized spacial score (nSPS) is 12.4. The first-order valence-corrected chi connectivity index (χ1v) is 5.21. The zero-order valence-corrected chi connectivity index (χ0v) is 9.62. The molecule has 3 N–H and O–H groups in total. The molecule has 1 heterocycles. The fraction of sp³-hybridized carbons (Fsp3) is 0.600. The highest BCUT2D eigenvalue weighted by molar-refractivity contribution is 5.78. The quantitative estimate of drug-likeness (QED) is 0.564. The lowest BCUT2D eigenvalue weighted by Crippen LogP contribution is -2.36. The summed E-state index contributed by atoms with van der Waals surface area (Å²) in [6.07, 6.45) is 3.46. The number of hydrogen-bond donors (Lipinski definition) is 3. The largest absolute Gasteiger partial charge is 0.383 e. The maximum Gasteiger partial charge on any atom is 0.234 e. The lowest BCUT2D eigenvalue weighted by Gasteiger charge is -2.12. The molecule has 0 aliphatic rings. The molecule has 6 heteroatoms. The molecule has 0 aliphatic heterocycles. The molecular weight excluding hydrogens is 208 g/mol. The minimum absolute atomic E-state index is 0.0320. The monoisotopic (exact) mass is 226 g/mol. The van der Waals surface area contributed by atoms with Crippen LogP contribution >= 0.6 is 0 Å². The predicted molar refractivity (Wildman–Crippen MR) is 59.9 cm³/mol. The molecule has 1 aromatic rings. The van der Waals surface area contributed by atoms with Crippen molar-refractivity contribution in [3.8, 4) is 0 Å². The molecule has 0 aromatic carbocycles. The number of rotatable bonds is 7. The van der Waals surface area contributed by atoms with Crippen molar-refractivity contribution in [2.75, 3.05) is 26.8 Å². The highest BCUT2D eigenvalue weighted by atomic mass is 16.5. The molecule has 0 aliphatic carbocycles. The van der Waals surface area contributed by atoms with Crippen LogP contribution in [-0.4, -0.2) is 42.9 Å². The predicted octanol–water partition coefficient (Wildman–Crippen LogP) is -0.177. The molecule has 1 unspecified atom stereocenters. The number of carbonyl (C=O) groups excluding carboxylic acids is 1. The van der Waals surface area contributed by atoms with Gasteiger partial charge in [-0.15, -0.1) is 0 Å². The Labute approximate surface area is 94.8 Å². The summed E-state index contributed by atoms with van der Waals surface area (Å²) in [6.45, 7) is 3.48. The number of carbonyl (C=O) groups is 1. The highest BCUT2D eigenvalue weighted by Gasteiger charge is 2.09. The smallest absolute Gasteiger partial charge is 0.234 e.